The summed E-state index contributed by atoms with van der Waals surface area (Å²) in [5.74, 6) is 0.325. The second kappa shape index (κ2) is 3.91. The van der Waals surface area contributed by atoms with Crippen molar-refractivity contribution >= 4 is 11.7 Å². The summed E-state index contributed by atoms with van der Waals surface area (Å²) in [4.78, 5) is 15.7. The van der Waals surface area contributed by atoms with Crippen LogP contribution in [0.3, 0.4) is 0 Å². The molecule has 0 aliphatic carbocycles. The molecule has 0 bridgehead atoms. The van der Waals surface area contributed by atoms with Gasteiger partial charge in [0.2, 0.25) is 0 Å². The van der Waals surface area contributed by atoms with Crippen LogP contribution in [0.4, 0.5) is 5.82 Å². The molecular weight excluding hydrogens is 192 g/mol. The Kier molecular flexibility index (Phi) is 2.45. The number of aromatic amines is 1. The van der Waals surface area contributed by atoms with Crippen LogP contribution in [-0.4, -0.2) is 21.1 Å². The highest BCUT2D eigenvalue weighted by Crippen LogP contribution is 2.10. The van der Waals surface area contributed by atoms with E-state index >= 15 is 0 Å². The number of hydrogen-bond acceptors (Lipinski definition) is 3. The third-order valence-electron chi connectivity index (χ3n) is 1.99. The molecule has 2 heterocycles. The lowest BCUT2D eigenvalue weighted by molar-refractivity contribution is 0.102. The van der Waals surface area contributed by atoms with E-state index in [2.05, 4.69) is 20.5 Å². The Morgan fingerprint density at radius 1 is 1.40 bits per heavy atom. The molecule has 2 rings (SSSR count). The maximum atomic E-state index is 11.6. The lowest BCUT2D eigenvalue weighted by Gasteiger charge is -2.04. The zero-order valence-electron chi connectivity index (χ0n) is 8.19. The molecule has 0 saturated carbocycles. The maximum Gasteiger partial charge on any atom is 0.274 e. The lowest BCUT2D eigenvalue weighted by atomic mass is 10.3. The summed E-state index contributed by atoms with van der Waals surface area (Å²) in [5.41, 5.74) is 1.34. The summed E-state index contributed by atoms with van der Waals surface area (Å²) < 4.78 is 0. The molecule has 0 radical (unpaired) electrons. The number of anilines is 1. The molecule has 0 aliphatic heterocycles. The van der Waals surface area contributed by atoms with Crippen molar-refractivity contribution in [3.63, 3.8) is 0 Å². The fraction of sp³-hybridized carbons (Fsp3) is 0.100. The smallest absolute Gasteiger partial charge is 0.274 e. The Morgan fingerprint density at radius 2 is 2.27 bits per heavy atom. The van der Waals surface area contributed by atoms with Crippen molar-refractivity contribution in [3.8, 4) is 0 Å². The molecule has 0 spiro atoms. The molecule has 2 aromatic rings. The number of aromatic nitrogens is 3. The van der Waals surface area contributed by atoms with E-state index in [1.165, 1.54) is 6.20 Å². The number of pyridine rings is 1. The number of nitrogens with zero attached hydrogens (tertiary/aromatic N) is 2. The molecule has 5 nitrogen and oxygen atoms in total. The number of carbonyl (C=O) groups is 1. The molecule has 5 heteroatoms. The normalized spacial score (nSPS) is 9.93. The van der Waals surface area contributed by atoms with Gasteiger partial charge in [-0.2, -0.15) is 5.10 Å². The van der Waals surface area contributed by atoms with Gasteiger partial charge in [-0.05, 0) is 24.6 Å². The van der Waals surface area contributed by atoms with Gasteiger partial charge in [0.05, 0.1) is 0 Å². The van der Waals surface area contributed by atoms with Crippen LogP contribution in [0.5, 0.6) is 0 Å². The summed E-state index contributed by atoms with van der Waals surface area (Å²) in [6.45, 7) is 1.88. The third-order valence-corrected chi connectivity index (χ3v) is 1.99. The van der Waals surface area contributed by atoms with Crippen molar-refractivity contribution in [1.82, 2.24) is 15.2 Å². The molecular formula is C10H10N4O. The van der Waals surface area contributed by atoms with E-state index < -0.39 is 0 Å². The van der Waals surface area contributed by atoms with Crippen molar-refractivity contribution in [1.29, 1.82) is 0 Å². The third kappa shape index (κ3) is 2.01. The van der Waals surface area contributed by atoms with E-state index in [4.69, 9.17) is 0 Å². The standard InChI is InChI=1S/C10H10N4O/c1-7-3-2-5-11-9(7)13-10(15)8-4-6-12-14-8/h2-6H,1H3,(H,12,14)(H,11,13,15). The molecule has 0 saturated heterocycles. The molecule has 1 amide bonds. The van der Waals surface area contributed by atoms with Gasteiger partial charge in [-0.1, -0.05) is 6.07 Å². The first-order valence-electron chi connectivity index (χ1n) is 4.50. The number of hydrogen-bond donors (Lipinski definition) is 2. The average Bonchev–Trinajstić information content (AvgIpc) is 2.74. The van der Waals surface area contributed by atoms with Crippen LogP contribution < -0.4 is 5.32 Å². The topological polar surface area (TPSA) is 70.7 Å². The molecule has 0 fully saturated rings. The van der Waals surface area contributed by atoms with Gasteiger partial charge < -0.3 is 5.32 Å². The highest BCUT2D eigenvalue weighted by molar-refractivity contribution is 6.02. The largest absolute Gasteiger partial charge is 0.305 e. The van der Waals surface area contributed by atoms with Gasteiger partial charge in [-0.3, -0.25) is 9.89 Å². The number of nitrogens with one attached hydrogen (secondary N) is 2. The Bertz CT molecular complexity index is 464. The number of amides is 1. The number of H-pyrrole nitrogens is 1. The van der Waals surface area contributed by atoms with E-state index in [0.717, 1.165) is 5.56 Å². The first-order chi connectivity index (χ1) is 7.27. The summed E-state index contributed by atoms with van der Waals surface area (Å²) >= 11 is 0. The van der Waals surface area contributed by atoms with Crippen LogP contribution in [0, 0.1) is 6.92 Å². The average molecular weight is 202 g/mol. The Hall–Kier alpha value is -2.17. The van der Waals surface area contributed by atoms with Crippen LogP contribution in [-0.2, 0) is 0 Å². The first-order valence-corrected chi connectivity index (χ1v) is 4.50. The van der Waals surface area contributed by atoms with Gasteiger partial charge in [-0.25, -0.2) is 4.98 Å². The van der Waals surface area contributed by atoms with E-state index in [0.29, 0.717) is 11.5 Å². The van der Waals surface area contributed by atoms with Crippen molar-refractivity contribution in [3.05, 3.63) is 41.9 Å². The zero-order valence-corrected chi connectivity index (χ0v) is 8.19. The van der Waals surface area contributed by atoms with Gasteiger partial charge in [0, 0.05) is 12.4 Å². The van der Waals surface area contributed by atoms with Gasteiger partial charge >= 0.3 is 0 Å². The predicted molar refractivity (Wildman–Crippen MR) is 55.5 cm³/mol. The zero-order chi connectivity index (χ0) is 10.7. The van der Waals surface area contributed by atoms with Crippen LogP contribution in [0.1, 0.15) is 16.1 Å². The number of carbonyl (C=O) groups excluding carboxylic acids is 1. The predicted octanol–water partition coefficient (Wildman–Crippen LogP) is 1.37. The van der Waals surface area contributed by atoms with Crippen molar-refractivity contribution in [2.75, 3.05) is 5.32 Å². The minimum atomic E-state index is -0.241. The summed E-state index contributed by atoms with van der Waals surface area (Å²) in [5, 5.41) is 8.98. The molecule has 2 N–H and O–H groups in total. The van der Waals surface area contributed by atoms with Crippen LogP contribution >= 0.6 is 0 Å². The SMILES string of the molecule is Cc1cccnc1NC(=O)c1ccn[nH]1. The molecule has 0 aromatic carbocycles. The minimum absolute atomic E-state index is 0.241. The summed E-state index contributed by atoms with van der Waals surface area (Å²) in [7, 11) is 0. The molecule has 76 valence electrons. The van der Waals surface area contributed by atoms with Crippen molar-refractivity contribution in [2.24, 2.45) is 0 Å². The monoisotopic (exact) mass is 202 g/mol. The lowest BCUT2D eigenvalue weighted by Crippen LogP contribution is -2.14. The van der Waals surface area contributed by atoms with Crippen LogP contribution in [0.2, 0.25) is 0 Å². The number of rotatable bonds is 2. The molecule has 0 atom stereocenters. The quantitative estimate of drug-likeness (QED) is 0.772. The number of aryl methyl sites for hydroxylation is 1. The Balaban J connectivity index is 2.17. The van der Waals surface area contributed by atoms with Crippen LogP contribution in [0.25, 0.3) is 0 Å². The molecule has 2 aromatic heterocycles. The molecule has 0 unspecified atom stereocenters. The van der Waals surface area contributed by atoms with E-state index in [-0.39, 0.29) is 5.91 Å². The Morgan fingerprint density at radius 3 is 2.93 bits per heavy atom. The van der Waals surface area contributed by atoms with E-state index in [1.807, 2.05) is 19.1 Å². The van der Waals surface area contributed by atoms with Gasteiger partial charge in [-0.15, -0.1) is 0 Å². The summed E-state index contributed by atoms with van der Waals surface area (Å²) in [6, 6.07) is 5.31. The fourth-order valence-corrected chi connectivity index (χ4v) is 1.17. The van der Waals surface area contributed by atoms with Gasteiger partial charge in [0.1, 0.15) is 11.5 Å². The van der Waals surface area contributed by atoms with Gasteiger partial charge in [0.15, 0.2) is 0 Å². The maximum absolute atomic E-state index is 11.6. The van der Waals surface area contributed by atoms with Gasteiger partial charge in [0.25, 0.3) is 5.91 Å². The second-order valence-corrected chi connectivity index (χ2v) is 3.09. The summed E-state index contributed by atoms with van der Waals surface area (Å²) in [6.07, 6.45) is 3.16. The minimum Gasteiger partial charge on any atom is -0.305 e. The second-order valence-electron chi connectivity index (χ2n) is 3.09. The Labute approximate surface area is 86.5 Å². The van der Waals surface area contributed by atoms with Crippen molar-refractivity contribution in [2.45, 2.75) is 6.92 Å². The van der Waals surface area contributed by atoms with E-state index in [1.54, 1.807) is 12.3 Å². The highest BCUT2D eigenvalue weighted by atomic mass is 16.2. The van der Waals surface area contributed by atoms with Crippen molar-refractivity contribution < 1.29 is 4.79 Å². The first kappa shape index (κ1) is 9.39. The molecule has 15 heavy (non-hydrogen) atoms. The molecule has 0 aliphatic rings. The fourth-order valence-electron chi connectivity index (χ4n) is 1.17. The highest BCUT2D eigenvalue weighted by Gasteiger charge is 2.08. The van der Waals surface area contributed by atoms with Crippen LogP contribution in [0.15, 0.2) is 30.6 Å². The van der Waals surface area contributed by atoms with E-state index in [9.17, 15) is 4.79 Å².